The molecular formula is C20H31N3O. The van der Waals surface area contributed by atoms with Gasteiger partial charge in [0.2, 0.25) is 5.91 Å². The highest BCUT2D eigenvalue weighted by atomic mass is 16.2. The number of nitriles is 1. The van der Waals surface area contributed by atoms with Gasteiger partial charge in [0, 0.05) is 13.0 Å². The van der Waals surface area contributed by atoms with Gasteiger partial charge in [-0.15, -0.1) is 0 Å². The van der Waals surface area contributed by atoms with E-state index in [2.05, 4.69) is 63.3 Å². The van der Waals surface area contributed by atoms with E-state index in [4.69, 9.17) is 5.26 Å². The van der Waals surface area contributed by atoms with Crippen molar-refractivity contribution in [1.29, 1.82) is 5.26 Å². The number of likely N-dealkylation sites (N-methyl/N-ethyl adjacent to an activating group) is 1. The van der Waals surface area contributed by atoms with E-state index in [9.17, 15) is 4.79 Å². The first kappa shape index (κ1) is 20.2. The number of nitrogens with one attached hydrogen (secondary N) is 1. The SMILES string of the molecule is CCN(CCC#N)CC(=O)NC(c1ccc(C(C)C)cc1)C(C)C. The van der Waals surface area contributed by atoms with Crippen LogP contribution in [0.4, 0.5) is 0 Å². The summed E-state index contributed by atoms with van der Waals surface area (Å²) in [5, 5.41) is 11.9. The van der Waals surface area contributed by atoms with Crippen molar-refractivity contribution in [3.05, 3.63) is 35.4 Å². The van der Waals surface area contributed by atoms with E-state index < -0.39 is 0 Å². The molecule has 1 N–H and O–H groups in total. The highest BCUT2D eigenvalue weighted by molar-refractivity contribution is 5.78. The summed E-state index contributed by atoms with van der Waals surface area (Å²) in [6, 6.07) is 10.7. The molecule has 0 spiro atoms. The van der Waals surface area contributed by atoms with Gasteiger partial charge in [-0.2, -0.15) is 5.26 Å². The Balaban J connectivity index is 2.75. The molecule has 0 saturated carbocycles. The van der Waals surface area contributed by atoms with Gasteiger partial charge in [-0.25, -0.2) is 0 Å². The minimum atomic E-state index is 0.00776. The number of amides is 1. The van der Waals surface area contributed by atoms with Crippen molar-refractivity contribution in [2.24, 2.45) is 5.92 Å². The van der Waals surface area contributed by atoms with Crippen LogP contribution in [0, 0.1) is 17.2 Å². The quantitative estimate of drug-likeness (QED) is 0.748. The Labute approximate surface area is 146 Å². The summed E-state index contributed by atoms with van der Waals surface area (Å²) in [5.74, 6) is 0.832. The Morgan fingerprint density at radius 1 is 1.17 bits per heavy atom. The molecule has 0 aliphatic rings. The summed E-state index contributed by atoms with van der Waals surface area (Å²) in [6.45, 7) is 12.3. The lowest BCUT2D eigenvalue weighted by Crippen LogP contribution is -2.40. The number of nitrogens with zero attached hydrogens (tertiary/aromatic N) is 2. The van der Waals surface area contributed by atoms with E-state index in [1.54, 1.807) is 0 Å². The predicted molar refractivity (Wildman–Crippen MR) is 98.6 cm³/mol. The molecule has 0 aromatic heterocycles. The standard InChI is InChI=1S/C20H31N3O/c1-6-23(13-7-12-21)14-19(24)22-20(16(4)5)18-10-8-17(9-11-18)15(2)3/h8-11,15-16,20H,6-7,13-14H2,1-5H3,(H,22,24). The van der Waals surface area contributed by atoms with Crippen molar-refractivity contribution in [3.63, 3.8) is 0 Å². The van der Waals surface area contributed by atoms with Crippen molar-refractivity contribution in [2.45, 2.75) is 53.0 Å². The minimum absolute atomic E-state index is 0.00776. The summed E-state index contributed by atoms with van der Waals surface area (Å²) < 4.78 is 0. The summed E-state index contributed by atoms with van der Waals surface area (Å²) in [5.41, 5.74) is 2.45. The molecule has 0 fully saturated rings. The monoisotopic (exact) mass is 329 g/mol. The molecule has 132 valence electrons. The zero-order chi connectivity index (χ0) is 18.1. The molecule has 4 nitrogen and oxygen atoms in total. The van der Waals surface area contributed by atoms with Crippen molar-refractivity contribution >= 4 is 5.91 Å². The molecule has 0 aliphatic carbocycles. The van der Waals surface area contributed by atoms with Crippen LogP contribution in [0.5, 0.6) is 0 Å². The van der Waals surface area contributed by atoms with Crippen LogP contribution >= 0.6 is 0 Å². The Morgan fingerprint density at radius 3 is 2.21 bits per heavy atom. The fraction of sp³-hybridized carbons (Fsp3) is 0.600. The number of rotatable bonds is 9. The summed E-state index contributed by atoms with van der Waals surface area (Å²) >= 11 is 0. The lowest BCUT2D eigenvalue weighted by Gasteiger charge is -2.25. The van der Waals surface area contributed by atoms with E-state index in [-0.39, 0.29) is 11.9 Å². The molecule has 4 heteroatoms. The molecule has 1 aromatic carbocycles. The van der Waals surface area contributed by atoms with Gasteiger partial charge in [0.25, 0.3) is 0 Å². The molecule has 1 atom stereocenters. The van der Waals surface area contributed by atoms with E-state index in [1.165, 1.54) is 5.56 Å². The van der Waals surface area contributed by atoms with Gasteiger partial charge in [-0.1, -0.05) is 58.9 Å². The molecule has 0 bridgehead atoms. The minimum Gasteiger partial charge on any atom is -0.348 e. The third kappa shape index (κ3) is 6.33. The van der Waals surface area contributed by atoms with Crippen molar-refractivity contribution in [3.8, 4) is 6.07 Å². The van der Waals surface area contributed by atoms with Crippen LogP contribution in [0.25, 0.3) is 0 Å². The lowest BCUT2D eigenvalue weighted by atomic mass is 9.93. The van der Waals surface area contributed by atoms with Crippen molar-refractivity contribution < 1.29 is 4.79 Å². The zero-order valence-electron chi connectivity index (χ0n) is 15.7. The van der Waals surface area contributed by atoms with E-state index in [0.29, 0.717) is 31.3 Å². The molecule has 0 heterocycles. The smallest absolute Gasteiger partial charge is 0.234 e. The van der Waals surface area contributed by atoms with Gasteiger partial charge in [0.1, 0.15) is 0 Å². The second-order valence-corrected chi connectivity index (χ2v) is 6.89. The summed E-state index contributed by atoms with van der Waals surface area (Å²) in [7, 11) is 0. The molecule has 0 radical (unpaired) electrons. The second-order valence-electron chi connectivity index (χ2n) is 6.89. The van der Waals surface area contributed by atoms with Crippen LogP contribution < -0.4 is 5.32 Å². The van der Waals surface area contributed by atoms with E-state index in [0.717, 1.165) is 12.1 Å². The first-order chi connectivity index (χ1) is 11.4. The average Bonchev–Trinajstić information content (AvgIpc) is 2.56. The van der Waals surface area contributed by atoms with Crippen LogP contribution in [-0.4, -0.2) is 30.4 Å². The molecular weight excluding hydrogens is 298 g/mol. The maximum absolute atomic E-state index is 12.4. The largest absolute Gasteiger partial charge is 0.348 e. The highest BCUT2D eigenvalue weighted by Gasteiger charge is 2.19. The van der Waals surface area contributed by atoms with E-state index in [1.807, 2.05) is 11.8 Å². The maximum Gasteiger partial charge on any atom is 0.234 e. The third-order valence-corrected chi connectivity index (χ3v) is 4.30. The van der Waals surface area contributed by atoms with Crippen LogP contribution in [0.2, 0.25) is 0 Å². The van der Waals surface area contributed by atoms with Crippen molar-refractivity contribution in [2.75, 3.05) is 19.6 Å². The number of hydrogen-bond acceptors (Lipinski definition) is 3. The Morgan fingerprint density at radius 2 is 1.75 bits per heavy atom. The zero-order valence-corrected chi connectivity index (χ0v) is 15.7. The van der Waals surface area contributed by atoms with Crippen LogP contribution in [0.15, 0.2) is 24.3 Å². The molecule has 1 amide bonds. The third-order valence-electron chi connectivity index (χ3n) is 4.30. The normalized spacial score (nSPS) is 12.5. The Hall–Kier alpha value is -1.86. The van der Waals surface area contributed by atoms with Crippen molar-refractivity contribution in [1.82, 2.24) is 10.2 Å². The highest BCUT2D eigenvalue weighted by Crippen LogP contribution is 2.24. The average molecular weight is 329 g/mol. The van der Waals surface area contributed by atoms with Gasteiger partial charge in [0.15, 0.2) is 0 Å². The fourth-order valence-electron chi connectivity index (χ4n) is 2.70. The summed E-state index contributed by atoms with van der Waals surface area (Å²) in [4.78, 5) is 14.4. The fourth-order valence-corrected chi connectivity index (χ4v) is 2.70. The predicted octanol–water partition coefficient (Wildman–Crippen LogP) is 3.86. The van der Waals surface area contributed by atoms with Gasteiger partial charge >= 0.3 is 0 Å². The number of carbonyl (C=O) groups excluding carboxylic acids is 1. The topological polar surface area (TPSA) is 56.1 Å². The maximum atomic E-state index is 12.4. The lowest BCUT2D eigenvalue weighted by molar-refractivity contribution is -0.123. The van der Waals surface area contributed by atoms with E-state index >= 15 is 0 Å². The second kappa shape index (κ2) is 10.1. The summed E-state index contributed by atoms with van der Waals surface area (Å²) in [6.07, 6.45) is 0.450. The number of benzene rings is 1. The first-order valence-corrected chi connectivity index (χ1v) is 8.87. The molecule has 0 aliphatic heterocycles. The van der Waals surface area contributed by atoms with Gasteiger partial charge in [-0.3, -0.25) is 9.69 Å². The number of carbonyl (C=O) groups is 1. The molecule has 1 aromatic rings. The number of hydrogen-bond donors (Lipinski definition) is 1. The van der Waals surface area contributed by atoms with Crippen LogP contribution in [0.1, 0.15) is 64.1 Å². The van der Waals surface area contributed by atoms with Gasteiger partial charge < -0.3 is 5.32 Å². The Bertz CT molecular complexity index is 543. The molecule has 0 saturated heterocycles. The Kier molecular flexibility index (Phi) is 8.49. The molecule has 1 unspecified atom stereocenters. The van der Waals surface area contributed by atoms with Gasteiger partial charge in [-0.05, 0) is 29.5 Å². The molecule has 1 rings (SSSR count). The first-order valence-electron chi connectivity index (χ1n) is 8.87. The molecule has 24 heavy (non-hydrogen) atoms. The van der Waals surface area contributed by atoms with Gasteiger partial charge in [0.05, 0.1) is 18.7 Å². The van der Waals surface area contributed by atoms with Crippen LogP contribution in [-0.2, 0) is 4.79 Å². The van der Waals surface area contributed by atoms with Crippen LogP contribution in [0.3, 0.4) is 0 Å².